The molecule has 3 aliphatic heterocycles. The van der Waals surface area contributed by atoms with Crippen molar-refractivity contribution in [2.75, 3.05) is 19.7 Å². The van der Waals surface area contributed by atoms with Gasteiger partial charge < -0.3 is 29.7 Å². The van der Waals surface area contributed by atoms with Gasteiger partial charge in [-0.25, -0.2) is 0 Å². The molecule has 7 atom stereocenters. The lowest BCUT2D eigenvalue weighted by atomic mass is 9.70. The minimum absolute atomic E-state index is 0.0519. The zero-order chi connectivity index (χ0) is 30.6. The summed E-state index contributed by atoms with van der Waals surface area (Å²) in [5.41, 5.74) is -0.496. The van der Waals surface area contributed by atoms with Crippen molar-refractivity contribution in [3.63, 3.8) is 0 Å². The number of aliphatic hydroxyl groups excluding tert-OH is 1. The van der Waals surface area contributed by atoms with Crippen molar-refractivity contribution in [1.82, 2.24) is 15.1 Å². The average molecular weight is 582 g/mol. The summed E-state index contributed by atoms with van der Waals surface area (Å²) in [5, 5.41) is 12.7. The third-order valence-corrected chi connectivity index (χ3v) is 8.67. The molecule has 3 aliphatic rings. The number of carbonyl (C=O) groups is 4. The van der Waals surface area contributed by atoms with Crippen LogP contribution in [0.25, 0.3) is 0 Å². The maximum atomic E-state index is 14.0. The van der Waals surface area contributed by atoms with Crippen molar-refractivity contribution in [3.05, 3.63) is 61.2 Å². The number of likely N-dealkylation sites (tertiary alicyclic amines) is 1. The highest BCUT2D eigenvalue weighted by atomic mass is 16.6. The number of β-amino-alcohol motifs (C(OH)–C–C–N with tert-alkyl or cyclic N) is 1. The number of nitrogens with zero attached hydrogens (tertiary/aromatic N) is 2. The fourth-order valence-corrected chi connectivity index (χ4v) is 6.84. The summed E-state index contributed by atoms with van der Waals surface area (Å²) in [6, 6.07) is 7.45. The number of allylic oxidation sites excluding steroid dienone is 1. The monoisotopic (exact) mass is 581 g/mol. The third kappa shape index (κ3) is 5.74. The zero-order valence-electron chi connectivity index (χ0n) is 24.7. The number of carbonyl (C=O) groups excluding carboxylic acids is 4. The quantitative estimate of drug-likeness (QED) is 0.256. The van der Waals surface area contributed by atoms with Crippen LogP contribution in [0.2, 0.25) is 0 Å². The summed E-state index contributed by atoms with van der Waals surface area (Å²) in [4.78, 5) is 57.5. The van der Waals surface area contributed by atoms with Crippen LogP contribution in [-0.2, 0) is 28.7 Å². The van der Waals surface area contributed by atoms with E-state index in [-0.39, 0.29) is 37.4 Å². The maximum Gasteiger partial charge on any atom is 0.313 e. The van der Waals surface area contributed by atoms with Crippen molar-refractivity contribution >= 4 is 23.7 Å². The molecule has 0 radical (unpaired) electrons. The largest absolute Gasteiger partial charge is 0.455 e. The van der Waals surface area contributed by atoms with Gasteiger partial charge in [-0.3, -0.25) is 19.2 Å². The number of esters is 1. The first kappa shape index (κ1) is 31.4. The number of benzene rings is 1. The van der Waals surface area contributed by atoms with Gasteiger partial charge in [-0.1, -0.05) is 42.5 Å². The first-order valence-corrected chi connectivity index (χ1v) is 14.8. The predicted molar refractivity (Wildman–Crippen MR) is 156 cm³/mol. The molecule has 0 aliphatic carbocycles. The molecule has 0 unspecified atom stereocenters. The molecule has 1 aromatic rings. The molecule has 3 fully saturated rings. The summed E-state index contributed by atoms with van der Waals surface area (Å²) < 4.78 is 12.6. The van der Waals surface area contributed by atoms with Gasteiger partial charge in [-0.05, 0) is 45.6 Å². The Labute approximate surface area is 247 Å². The number of hydrogen-bond donors (Lipinski definition) is 2. The Morgan fingerprint density at radius 1 is 1.21 bits per heavy atom. The van der Waals surface area contributed by atoms with Crippen molar-refractivity contribution in [1.29, 1.82) is 0 Å². The van der Waals surface area contributed by atoms with Gasteiger partial charge in [0.25, 0.3) is 0 Å². The van der Waals surface area contributed by atoms with Gasteiger partial charge in [0.1, 0.15) is 17.7 Å². The predicted octanol–water partition coefficient (Wildman–Crippen LogP) is 2.53. The zero-order valence-corrected chi connectivity index (χ0v) is 24.7. The van der Waals surface area contributed by atoms with Gasteiger partial charge in [0.15, 0.2) is 0 Å². The van der Waals surface area contributed by atoms with E-state index in [1.807, 2.05) is 44.2 Å². The van der Waals surface area contributed by atoms with Crippen LogP contribution in [0.1, 0.15) is 58.1 Å². The fourth-order valence-electron chi connectivity index (χ4n) is 6.84. The molecule has 2 bridgehead atoms. The average Bonchev–Trinajstić information content (AvgIpc) is 3.61. The van der Waals surface area contributed by atoms with Gasteiger partial charge in [0, 0.05) is 25.6 Å². The fraction of sp³-hybridized carbons (Fsp3) is 0.562. The van der Waals surface area contributed by atoms with Crippen molar-refractivity contribution < 1.29 is 33.8 Å². The Kier molecular flexibility index (Phi) is 9.89. The van der Waals surface area contributed by atoms with Crippen LogP contribution < -0.4 is 5.32 Å². The molecule has 3 saturated heterocycles. The summed E-state index contributed by atoms with van der Waals surface area (Å²) in [7, 11) is 0. The molecular weight excluding hydrogens is 538 g/mol. The molecule has 10 heteroatoms. The lowest BCUT2D eigenvalue weighted by Gasteiger charge is -2.38. The topological polar surface area (TPSA) is 125 Å². The summed E-state index contributed by atoms with van der Waals surface area (Å²) in [6.45, 7) is 12.9. The molecule has 4 rings (SSSR count). The standard InChI is InChI=1S/C32H43N3O7/c1-6-8-14-24(37)33-21(5)27(22-12-10-9-11-13-22)41-31(40)25-23-15-16-32(42-23)26(25)29(38)35(18-19-36)28(32)30(39)34(17-7-2)20(3)4/h6-7,9-13,20-21,23,25-28,36H,1-2,8,14-19H2,3-5H3,(H,33,37)/t21-,23+,25-,26-,27-,28+,32-/m1/s1. The Bertz CT molecular complexity index is 1190. The summed E-state index contributed by atoms with van der Waals surface area (Å²) in [5.74, 6) is -3.33. The lowest BCUT2D eigenvalue weighted by Crippen LogP contribution is -2.57. The van der Waals surface area contributed by atoms with Crippen LogP contribution in [0.5, 0.6) is 0 Å². The number of nitrogens with one attached hydrogen (secondary N) is 1. The number of amides is 3. The van der Waals surface area contributed by atoms with Gasteiger partial charge in [-0.2, -0.15) is 0 Å². The molecule has 0 aromatic heterocycles. The molecule has 42 heavy (non-hydrogen) atoms. The van der Waals surface area contributed by atoms with E-state index in [0.29, 0.717) is 31.4 Å². The number of aliphatic hydroxyl groups is 1. The Hall–Kier alpha value is -3.50. The van der Waals surface area contributed by atoms with Crippen molar-refractivity contribution in [2.45, 2.75) is 82.4 Å². The highest BCUT2D eigenvalue weighted by Gasteiger charge is 2.75. The van der Waals surface area contributed by atoms with E-state index in [0.717, 1.165) is 0 Å². The van der Waals surface area contributed by atoms with Crippen LogP contribution in [0.4, 0.5) is 0 Å². The molecule has 228 valence electrons. The summed E-state index contributed by atoms with van der Waals surface area (Å²) >= 11 is 0. The first-order chi connectivity index (χ1) is 20.1. The van der Waals surface area contributed by atoms with E-state index >= 15 is 0 Å². The van der Waals surface area contributed by atoms with Gasteiger partial charge >= 0.3 is 5.97 Å². The number of ether oxygens (including phenoxy) is 2. The molecule has 2 N–H and O–H groups in total. The van der Waals surface area contributed by atoms with Crippen LogP contribution >= 0.6 is 0 Å². The SMILES string of the molecule is C=CCCC(=O)N[C@H](C)[C@@H](OC(=O)[C@@H]1[C@@H]2CC[C@]3(O2)[C@H](C(=O)N(CC=C)C(C)C)N(CCO)C(=O)[C@@H]13)c1ccccc1. The Morgan fingerprint density at radius 3 is 2.55 bits per heavy atom. The van der Waals surface area contributed by atoms with Crippen LogP contribution in [0.3, 0.4) is 0 Å². The smallest absolute Gasteiger partial charge is 0.313 e. The minimum Gasteiger partial charge on any atom is -0.455 e. The highest BCUT2D eigenvalue weighted by Crippen LogP contribution is 2.59. The van der Waals surface area contributed by atoms with E-state index < -0.39 is 53.6 Å². The molecule has 10 nitrogen and oxygen atoms in total. The van der Waals surface area contributed by atoms with Crippen LogP contribution in [-0.4, -0.2) is 88.1 Å². The minimum atomic E-state index is -1.20. The lowest BCUT2D eigenvalue weighted by molar-refractivity contribution is -0.162. The van der Waals surface area contributed by atoms with E-state index in [2.05, 4.69) is 18.5 Å². The third-order valence-electron chi connectivity index (χ3n) is 8.67. The Balaban J connectivity index is 1.64. The molecule has 1 spiro atoms. The first-order valence-electron chi connectivity index (χ1n) is 14.8. The molecule has 3 amide bonds. The van der Waals surface area contributed by atoms with E-state index in [4.69, 9.17) is 9.47 Å². The number of hydrogen-bond acceptors (Lipinski definition) is 7. The second-order valence-electron chi connectivity index (χ2n) is 11.6. The number of fused-ring (bicyclic) bond motifs is 1. The van der Waals surface area contributed by atoms with Crippen LogP contribution in [0, 0.1) is 11.8 Å². The van der Waals surface area contributed by atoms with Crippen molar-refractivity contribution in [2.24, 2.45) is 11.8 Å². The van der Waals surface area contributed by atoms with E-state index in [9.17, 15) is 24.3 Å². The molecular formula is C32H43N3O7. The van der Waals surface area contributed by atoms with Gasteiger partial charge in [-0.15, -0.1) is 13.2 Å². The van der Waals surface area contributed by atoms with Crippen LogP contribution in [0.15, 0.2) is 55.6 Å². The number of rotatable bonds is 14. The van der Waals surface area contributed by atoms with E-state index in [1.165, 1.54) is 4.90 Å². The van der Waals surface area contributed by atoms with Gasteiger partial charge in [0.2, 0.25) is 17.7 Å². The Morgan fingerprint density at radius 2 is 1.93 bits per heavy atom. The normalized spacial score (nSPS) is 27.4. The molecule has 1 aromatic carbocycles. The summed E-state index contributed by atoms with van der Waals surface area (Å²) in [6.07, 6.45) is 3.61. The maximum absolute atomic E-state index is 14.0. The molecule has 0 saturated carbocycles. The van der Waals surface area contributed by atoms with E-state index in [1.54, 1.807) is 24.0 Å². The molecule has 3 heterocycles. The highest BCUT2D eigenvalue weighted by molar-refractivity contribution is 5.98. The second kappa shape index (κ2) is 13.2. The van der Waals surface area contributed by atoms with Crippen molar-refractivity contribution in [3.8, 4) is 0 Å². The van der Waals surface area contributed by atoms with Gasteiger partial charge in [0.05, 0.1) is 30.6 Å². The second-order valence-corrected chi connectivity index (χ2v) is 11.6.